The Balaban J connectivity index is 3.05. The third kappa shape index (κ3) is 2.21. The Kier molecular flexibility index (Phi) is 2.90. The number of carbonyl (C=O) groups is 1. The zero-order valence-electron chi connectivity index (χ0n) is 7.70. The molecule has 0 amide bonds. The Morgan fingerprint density at radius 3 is 2.77 bits per heavy atom. The number of hydrogen-bond acceptors (Lipinski definition) is 2. The van der Waals surface area contributed by atoms with Crippen molar-refractivity contribution >= 4 is 5.97 Å². The average molecular weight is 180 g/mol. The normalized spacial score (nSPS) is 9.69. The van der Waals surface area contributed by atoms with Crippen LogP contribution < -0.4 is 4.74 Å². The van der Waals surface area contributed by atoms with Crippen molar-refractivity contribution in [2.75, 3.05) is 7.11 Å². The van der Waals surface area contributed by atoms with Crippen LogP contribution in [0.5, 0.6) is 5.75 Å². The van der Waals surface area contributed by atoms with Gasteiger partial charge in [-0.05, 0) is 12.5 Å². The first-order chi connectivity index (χ1) is 6.15. The van der Waals surface area contributed by atoms with Crippen molar-refractivity contribution in [3.05, 3.63) is 29.3 Å². The third-order valence-electron chi connectivity index (χ3n) is 1.84. The molecule has 0 fully saturated rings. The quantitative estimate of drug-likeness (QED) is 0.769. The van der Waals surface area contributed by atoms with E-state index >= 15 is 0 Å². The van der Waals surface area contributed by atoms with Crippen molar-refractivity contribution in [2.24, 2.45) is 0 Å². The highest BCUT2D eigenvalue weighted by atomic mass is 16.5. The number of rotatable bonds is 3. The molecule has 1 aromatic rings. The summed E-state index contributed by atoms with van der Waals surface area (Å²) in [6, 6.07) is 5.49. The van der Waals surface area contributed by atoms with Crippen LogP contribution >= 0.6 is 0 Å². The summed E-state index contributed by atoms with van der Waals surface area (Å²) in [5.74, 6) is -0.172. The number of ether oxygens (including phenoxy) is 1. The average Bonchev–Trinajstić information content (AvgIpc) is 2.03. The van der Waals surface area contributed by atoms with Crippen molar-refractivity contribution in [3.8, 4) is 5.75 Å². The lowest BCUT2D eigenvalue weighted by Crippen LogP contribution is -2.03. The summed E-state index contributed by atoms with van der Waals surface area (Å²) in [5.41, 5.74) is 1.68. The Morgan fingerprint density at radius 2 is 2.23 bits per heavy atom. The molecule has 0 atom stereocenters. The number of hydrogen-bond donors (Lipinski definition) is 1. The van der Waals surface area contributed by atoms with E-state index < -0.39 is 5.97 Å². The van der Waals surface area contributed by atoms with Crippen molar-refractivity contribution in [1.82, 2.24) is 0 Å². The van der Waals surface area contributed by atoms with Crippen molar-refractivity contribution in [3.63, 3.8) is 0 Å². The lowest BCUT2D eigenvalue weighted by atomic mass is 10.1. The second kappa shape index (κ2) is 3.94. The Labute approximate surface area is 77.0 Å². The lowest BCUT2D eigenvalue weighted by molar-refractivity contribution is -0.136. The van der Waals surface area contributed by atoms with Gasteiger partial charge in [0.05, 0.1) is 13.5 Å². The number of carboxylic acids is 1. The zero-order valence-corrected chi connectivity index (χ0v) is 7.70. The van der Waals surface area contributed by atoms with E-state index in [1.165, 1.54) is 0 Å². The molecule has 0 saturated carbocycles. The molecule has 0 saturated heterocycles. The van der Waals surface area contributed by atoms with Gasteiger partial charge in [-0.3, -0.25) is 4.79 Å². The summed E-state index contributed by atoms with van der Waals surface area (Å²) < 4.78 is 5.11. The number of methoxy groups -OCH3 is 1. The van der Waals surface area contributed by atoms with Gasteiger partial charge in [0.25, 0.3) is 0 Å². The summed E-state index contributed by atoms with van der Waals surface area (Å²) in [6.45, 7) is 1.89. The van der Waals surface area contributed by atoms with Gasteiger partial charge in [0.15, 0.2) is 0 Å². The van der Waals surface area contributed by atoms with E-state index in [1.54, 1.807) is 13.2 Å². The second-order valence-electron chi connectivity index (χ2n) is 2.84. The van der Waals surface area contributed by atoms with Gasteiger partial charge in [-0.15, -0.1) is 0 Å². The molecule has 3 nitrogen and oxygen atoms in total. The predicted octanol–water partition coefficient (Wildman–Crippen LogP) is 1.63. The summed E-state index contributed by atoms with van der Waals surface area (Å²) in [7, 11) is 1.55. The second-order valence-corrected chi connectivity index (χ2v) is 2.84. The van der Waals surface area contributed by atoms with Gasteiger partial charge in [-0.2, -0.15) is 0 Å². The van der Waals surface area contributed by atoms with E-state index in [0.29, 0.717) is 5.75 Å². The summed E-state index contributed by atoms with van der Waals surface area (Å²) in [5, 5.41) is 8.62. The van der Waals surface area contributed by atoms with Crippen LogP contribution in [0.15, 0.2) is 18.2 Å². The highest BCUT2D eigenvalue weighted by Crippen LogP contribution is 2.23. The van der Waals surface area contributed by atoms with Crippen molar-refractivity contribution in [1.29, 1.82) is 0 Å². The fourth-order valence-corrected chi connectivity index (χ4v) is 1.31. The minimum absolute atomic E-state index is 0.00481. The number of benzene rings is 1. The van der Waals surface area contributed by atoms with Crippen LogP contribution in [0.3, 0.4) is 0 Å². The van der Waals surface area contributed by atoms with Gasteiger partial charge in [0, 0.05) is 5.56 Å². The molecule has 1 N–H and O–H groups in total. The maximum Gasteiger partial charge on any atom is 0.307 e. The minimum Gasteiger partial charge on any atom is -0.496 e. The number of aryl methyl sites for hydroxylation is 1. The van der Waals surface area contributed by atoms with E-state index in [-0.39, 0.29) is 6.42 Å². The van der Waals surface area contributed by atoms with Gasteiger partial charge in [-0.25, -0.2) is 0 Å². The first kappa shape index (κ1) is 9.58. The monoisotopic (exact) mass is 180 g/mol. The molecule has 0 radical (unpaired) electrons. The van der Waals surface area contributed by atoms with Gasteiger partial charge >= 0.3 is 5.97 Å². The van der Waals surface area contributed by atoms with Crippen LogP contribution in [0.4, 0.5) is 0 Å². The minimum atomic E-state index is -0.844. The fourth-order valence-electron chi connectivity index (χ4n) is 1.31. The van der Waals surface area contributed by atoms with E-state index in [1.807, 2.05) is 19.1 Å². The number of para-hydroxylation sites is 1. The topological polar surface area (TPSA) is 46.5 Å². The fraction of sp³-hybridized carbons (Fsp3) is 0.300. The van der Waals surface area contributed by atoms with Crippen LogP contribution in [-0.2, 0) is 11.2 Å². The molecule has 3 heteroatoms. The Bertz CT molecular complexity index is 318. The molecule has 0 spiro atoms. The first-order valence-electron chi connectivity index (χ1n) is 3.99. The number of aliphatic carboxylic acids is 1. The molecule has 0 aliphatic heterocycles. The summed E-state index contributed by atoms with van der Waals surface area (Å²) in [4.78, 5) is 10.5. The number of carboxylic acid groups (broad SMARTS) is 1. The maximum atomic E-state index is 10.5. The largest absolute Gasteiger partial charge is 0.496 e. The van der Waals surface area contributed by atoms with Crippen LogP contribution in [0.25, 0.3) is 0 Å². The van der Waals surface area contributed by atoms with Crippen LogP contribution in [-0.4, -0.2) is 18.2 Å². The Hall–Kier alpha value is -1.51. The van der Waals surface area contributed by atoms with Gasteiger partial charge < -0.3 is 9.84 Å². The van der Waals surface area contributed by atoms with Crippen molar-refractivity contribution < 1.29 is 14.6 Å². The van der Waals surface area contributed by atoms with Gasteiger partial charge in [-0.1, -0.05) is 18.2 Å². The van der Waals surface area contributed by atoms with E-state index in [4.69, 9.17) is 9.84 Å². The first-order valence-corrected chi connectivity index (χ1v) is 3.99. The predicted molar refractivity (Wildman–Crippen MR) is 49.1 cm³/mol. The summed E-state index contributed by atoms with van der Waals surface area (Å²) >= 11 is 0. The van der Waals surface area contributed by atoms with Gasteiger partial charge in [0.1, 0.15) is 5.75 Å². The van der Waals surface area contributed by atoms with E-state index in [0.717, 1.165) is 11.1 Å². The van der Waals surface area contributed by atoms with Gasteiger partial charge in [0.2, 0.25) is 0 Å². The lowest BCUT2D eigenvalue weighted by Gasteiger charge is -2.08. The SMILES string of the molecule is COc1c(C)cccc1CC(=O)O. The van der Waals surface area contributed by atoms with E-state index in [2.05, 4.69) is 0 Å². The third-order valence-corrected chi connectivity index (χ3v) is 1.84. The molecule has 0 aliphatic rings. The summed E-state index contributed by atoms with van der Waals surface area (Å²) in [6.07, 6.45) is 0.00481. The van der Waals surface area contributed by atoms with Crippen LogP contribution in [0, 0.1) is 6.92 Å². The molecule has 1 rings (SSSR count). The molecule has 0 aliphatic carbocycles. The smallest absolute Gasteiger partial charge is 0.307 e. The molecule has 0 bridgehead atoms. The Morgan fingerprint density at radius 1 is 1.54 bits per heavy atom. The zero-order chi connectivity index (χ0) is 9.84. The molecular formula is C10H12O3. The van der Waals surface area contributed by atoms with Crippen LogP contribution in [0.1, 0.15) is 11.1 Å². The van der Waals surface area contributed by atoms with Crippen LogP contribution in [0.2, 0.25) is 0 Å². The molecule has 0 heterocycles. The molecule has 0 aromatic heterocycles. The maximum absolute atomic E-state index is 10.5. The molecule has 0 unspecified atom stereocenters. The van der Waals surface area contributed by atoms with Crippen molar-refractivity contribution in [2.45, 2.75) is 13.3 Å². The molecule has 70 valence electrons. The molecule has 13 heavy (non-hydrogen) atoms. The van der Waals surface area contributed by atoms with E-state index in [9.17, 15) is 4.79 Å². The standard InChI is InChI=1S/C10H12O3/c1-7-4-3-5-8(6-9(11)12)10(7)13-2/h3-5H,6H2,1-2H3,(H,11,12). The highest BCUT2D eigenvalue weighted by molar-refractivity contribution is 5.71. The molecule has 1 aromatic carbocycles. The highest BCUT2D eigenvalue weighted by Gasteiger charge is 2.08. The molecular weight excluding hydrogens is 168 g/mol.